The third kappa shape index (κ3) is 7.07. The Bertz CT molecular complexity index is 4090. The van der Waals surface area contributed by atoms with Crippen molar-refractivity contribution in [2.24, 2.45) is 0 Å². The van der Waals surface area contributed by atoms with Crippen LogP contribution in [0, 0.1) is 0 Å². The molecule has 0 saturated carbocycles. The number of hydrogen-bond donors (Lipinski definition) is 0. The Morgan fingerprint density at radius 2 is 0.787 bits per heavy atom. The van der Waals surface area contributed by atoms with Gasteiger partial charge in [0, 0.05) is 22.2 Å². The minimum Gasteiger partial charge on any atom is -0.309 e. The Kier molecular flexibility index (Phi) is 10.5. The third-order valence-corrected chi connectivity index (χ3v) is 16.3. The zero-order valence-corrected chi connectivity index (χ0v) is 42.1. The van der Waals surface area contributed by atoms with Crippen LogP contribution in [0.3, 0.4) is 0 Å². The van der Waals surface area contributed by atoms with E-state index in [4.69, 9.17) is 0 Å². The molecule has 0 spiro atoms. The molecule has 0 atom stereocenters. The number of fused-ring (bicyclic) bond motifs is 7. The molecule has 2 aliphatic rings. The van der Waals surface area contributed by atoms with E-state index in [1.807, 2.05) is 0 Å². The molecule has 2 aliphatic carbocycles. The van der Waals surface area contributed by atoms with Gasteiger partial charge in [-0.2, -0.15) is 0 Å². The lowest BCUT2D eigenvalue weighted by Gasteiger charge is -2.34. The molecule has 0 N–H and O–H groups in total. The topological polar surface area (TPSA) is 3.24 Å². The van der Waals surface area contributed by atoms with Crippen LogP contribution in [0.5, 0.6) is 0 Å². The SMILES string of the molecule is CC1(C)c2ccccc2-c2cc(N(c3cc(-c4ccc5ccccc5c4)ccc3-c3ccc4c(c3)C(c3ccccc3)(c3ccccc3)c3ccccc3-4)c3cccc(-c4ccccc4)c3-c3ccccc3)ccc21. The molecule has 0 bridgehead atoms. The summed E-state index contributed by atoms with van der Waals surface area (Å²) >= 11 is 0. The zero-order valence-electron chi connectivity index (χ0n) is 42.1. The standard InChI is InChI=1S/C74H53N/c1-73(2)66-35-19-17-33-63(66)65-49-59(42-45-67(65)73)75(70-37-21-34-61(51-23-7-3-8-24-51)72(70)52-25-9-4-10-26-52)71-48-55(54-39-38-50-22-15-16-27-53(50)46-54)40-43-60(71)56-41-44-64-62-32-18-20-36-68(62)74(69(64)47-56,57-28-11-5-12-29-57)58-30-13-6-14-31-58/h3-49H,1-2H3. The minimum atomic E-state index is -0.556. The number of benzene rings is 12. The van der Waals surface area contributed by atoms with E-state index in [1.165, 1.54) is 88.7 Å². The van der Waals surface area contributed by atoms with Crippen LogP contribution in [0.25, 0.3) is 77.5 Å². The highest BCUT2D eigenvalue weighted by molar-refractivity contribution is 6.02. The lowest BCUT2D eigenvalue weighted by Crippen LogP contribution is -2.28. The number of hydrogen-bond acceptors (Lipinski definition) is 1. The highest BCUT2D eigenvalue weighted by Gasteiger charge is 2.46. The van der Waals surface area contributed by atoms with Crippen molar-refractivity contribution < 1.29 is 0 Å². The van der Waals surface area contributed by atoms with Gasteiger partial charge in [-0.05, 0) is 136 Å². The summed E-state index contributed by atoms with van der Waals surface area (Å²) < 4.78 is 0. The van der Waals surface area contributed by atoms with Crippen LogP contribution in [-0.2, 0) is 10.8 Å². The van der Waals surface area contributed by atoms with E-state index in [0.717, 1.165) is 39.3 Å². The molecule has 0 unspecified atom stereocenters. The van der Waals surface area contributed by atoms with Crippen LogP contribution in [0.1, 0.15) is 47.2 Å². The van der Waals surface area contributed by atoms with Crippen LogP contribution in [0.4, 0.5) is 17.1 Å². The summed E-state index contributed by atoms with van der Waals surface area (Å²) in [6.45, 7) is 4.74. The van der Waals surface area contributed by atoms with Gasteiger partial charge in [0.05, 0.1) is 16.8 Å². The molecule has 14 rings (SSSR count). The zero-order chi connectivity index (χ0) is 50.1. The molecule has 0 amide bonds. The van der Waals surface area contributed by atoms with Gasteiger partial charge in [-0.3, -0.25) is 0 Å². The maximum Gasteiger partial charge on any atom is 0.0713 e. The third-order valence-electron chi connectivity index (χ3n) is 16.3. The van der Waals surface area contributed by atoms with E-state index < -0.39 is 5.41 Å². The smallest absolute Gasteiger partial charge is 0.0713 e. The minimum absolute atomic E-state index is 0.148. The Morgan fingerprint density at radius 1 is 0.267 bits per heavy atom. The van der Waals surface area contributed by atoms with Crippen LogP contribution < -0.4 is 4.90 Å². The van der Waals surface area contributed by atoms with Crippen molar-refractivity contribution >= 4 is 27.8 Å². The molecule has 1 heteroatoms. The number of rotatable bonds is 9. The molecule has 0 aliphatic heterocycles. The fourth-order valence-electron chi connectivity index (χ4n) is 12.9. The Hall–Kier alpha value is -9.30. The van der Waals surface area contributed by atoms with E-state index in [-0.39, 0.29) is 5.41 Å². The molecule has 12 aromatic rings. The monoisotopic (exact) mass is 955 g/mol. The van der Waals surface area contributed by atoms with Crippen molar-refractivity contribution in [3.05, 3.63) is 318 Å². The lowest BCUT2D eigenvalue weighted by molar-refractivity contribution is 0.660. The predicted octanol–water partition coefficient (Wildman–Crippen LogP) is 19.6. The predicted molar refractivity (Wildman–Crippen MR) is 315 cm³/mol. The molecular weight excluding hydrogens is 903 g/mol. The van der Waals surface area contributed by atoms with Crippen molar-refractivity contribution in [2.75, 3.05) is 4.90 Å². The first-order valence-electron chi connectivity index (χ1n) is 26.2. The first-order chi connectivity index (χ1) is 37.0. The summed E-state index contributed by atoms with van der Waals surface area (Å²) in [7, 11) is 0. The summed E-state index contributed by atoms with van der Waals surface area (Å²) in [5.74, 6) is 0. The van der Waals surface area contributed by atoms with Gasteiger partial charge in [0.15, 0.2) is 0 Å². The normalized spacial score (nSPS) is 13.4. The summed E-state index contributed by atoms with van der Waals surface area (Å²) in [6, 6.07) is 106. The number of anilines is 3. The van der Waals surface area contributed by atoms with Gasteiger partial charge >= 0.3 is 0 Å². The molecule has 1 nitrogen and oxygen atoms in total. The van der Waals surface area contributed by atoms with Gasteiger partial charge < -0.3 is 4.90 Å². The largest absolute Gasteiger partial charge is 0.309 e. The van der Waals surface area contributed by atoms with Gasteiger partial charge in [0.25, 0.3) is 0 Å². The van der Waals surface area contributed by atoms with E-state index in [2.05, 4.69) is 304 Å². The van der Waals surface area contributed by atoms with Gasteiger partial charge in [0.2, 0.25) is 0 Å². The van der Waals surface area contributed by atoms with Crippen LogP contribution in [-0.4, -0.2) is 0 Å². The Morgan fingerprint density at radius 3 is 1.51 bits per heavy atom. The van der Waals surface area contributed by atoms with Crippen molar-refractivity contribution in [1.29, 1.82) is 0 Å². The highest BCUT2D eigenvalue weighted by atomic mass is 15.1. The Labute approximate surface area is 440 Å². The molecule has 0 fully saturated rings. The van der Waals surface area contributed by atoms with Crippen molar-refractivity contribution in [3.8, 4) is 66.8 Å². The average Bonchev–Trinajstić information content (AvgIpc) is 3.97. The van der Waals surface area contributed by atoms with Gasteiger partial charge in [-0.25, -0.2) is 0 Å². The average molecular weight is 956 g/mol. The van der Waals surface area contributed by atoms with Gasteiger partial charge in [-0.15, -0.1) is 0 Å². The lowest BCUT2D eigenvalue weighted by atomic mass is 9.67. The van der Waals surface area contributed by atoms with Crippen molar-refractivity contribution in [2.45, 2.75) is 24.7 Å². The van der Waals surface area contributed by atoms with Gasteiger partial charge in [0.1, 0.15) is 0 Å². The second-order valence-electron chi connectivity index (χ2n) is 20.7. The molecule has 0 saturated heterocycles. The molecule has 12 aromatic carbocycles. The fraction of sp³-hybridized carbons (Fsp3) is 0.0541. The van der Waals surface area contributed by atoms with Crippen molar-refractivity contribution in [3.63, 3.8) is 0 Å². The summed E-state index contributed by atoms with van der Waals surface area (Å²) in [5, 5.41) is 2.45. The first-order valence-corrected chi connectivity index (χ1v) is 26.2. The highest BCUT2D eigenvalue weighted by Crippen LogP contribution is 2.58. The van der Waals surface area contributed by atoms with E-state index >= 15 is 0 Å². The van der Waals surface area contributed by atoms with Crippen LogP contribution in [0.2, 0.25) is 0 Å². The maximum atomic E-state index is 2.58. The van der Waals surface area contributed by atoms with E-state index in [1.54, 1.807) is 0 Å². The quantitative estimate of drug-likeness (QED) is 0.139. The molecule has 0 heterocycles. The van der Waals surface area contributed by atoms with Crippen LogP contribution in [0.15, 0.2) is 285 Å². The Balaban J connectivity index is 1.09. The molecule has 0 radical (unpaired) electrons. The fourth-order valence-corrected chi connectivity index (χ4v) is 12.9. The van der Waals surface area contributed by atoms with E-state index in [0.29, 0.717) is 0 Å². The molecule has 75 heavy (non-hydrogen) atoms. The van der Waals surface area contributed by atoms with Crippen molar-refractivity contribution in [1.82, 2.24) is 0 Å². The molecular formula is C74H53N. The second kappa shape index (κ2) is 17.7. The molecule has 354 valence electrons. The first kappa shape index (κ1) is 44.4. The summed E-state index contributed by atoms with van der Waals surface area (Å²) in [6.07, 6.45) is 0. The molecule has 0 aromatic heterocycles. The maximum absolute atomic E-state index is 2.58. The number of nitrogens with zero attached hydrogens (tertiary/aromatic N) is 1. The second-order valence-corrected chi connectivity index (χ2v) is 20.7. The van der Waals surface area contributed by atoms with E-state index in [9.17, 15) is 0 Å². The summed E-state index contributed by atoms with van der Waals surface area (Å²) in [4.78, 5) is 2.58. The van der Waals surface area contributed by atoms with Gasteiger partial charge in [-0.1, -0.05) is 263 Å². The van der Waals surface area contributed by atoms with Crippen LogP contribution >= 0.6 is 0 Å². The summed E-state index contributed by atoms with van der Waals surface area (Å²) in [5.41, 5.74) is 24.7.